The van der Waals surface area contributed by atoms with E-state index in [1.165, 1.54) is 27.8 Å². The minimum Gasteiger partial charge on any atom is -0.508 e. The van der Waals surface area contributed by atoms with Crippen molar-refractivity contribution >= 4 is 11.1 Å². The Bertz CT molecular complexity index is 894. The maximum atomic E-state index is 9.74. The third kappa shape index (κ3) is 6.33. The van der Waals surface area contributed by atoms with E-state index in [1.807, 2.05) is 33.0 Å². The maximum absolute atomic E-state index is 9.74. The highest BCUT2D eigenvalue weighted by atomic mass is 16.3. The van der Waals surface area contributed by atoms with Gasteiger partial charge in [-0.3, -0.25) is 0 Å². The molecule has 0 unspecified atom stereocenters. The van der Waals surface area contributed by atoms with E-state index in [4.69, 9.17) is 0 Å². The first-order valence-corrected chi connectivity index (χ1v) is 11.0. The molecule has 0 aliphatic carbocycles. The zero-order chi connectivity index (χ0) is 21.8. The van der Waals surface area contributed by atoms with Gasteiger partial charge >= 0.3 is 0 Å². The number of aromatic hydroxyl groups is 1. The van der Waals surface area contributed by atoms with Crippen LogP contribution in [0.5, 0.6) is 5.75 Å². The van der Waals surface area contributed by atoms with Gasteiger partial charge in [-0.1, -0.05) is 87.5 Å². The van der Waals surface area contributed by atoms with Crippen LogP contribution in [-0.2, 0) is 6.42 Å². The minimum atomic E-state index is 0.292. The monoisotopic (exact) mass is 401 g/mol. The maximum Gasteiger partial charge on any atom is 0.115 e. The summed E-state index contributed by atoms with van der Waals surface area (Å²) in [6, 6.07) is 27.0. The van der Waals surface area contributed by atoms with Crippen molar-refractivity contribution in [2.24, 2.45) is 0 Å². The molecule has 0 fully saturated rings. The van der Waals surface area contributed by atoms with E-state index in [0.29, 0.717) is 5.75 Å². The second-order valence-electron chi connectivity index (χ2n) is 7.02. The third-order valence-corrected chi connectivity index (χ3v) is 5.07. The Labute approximate surface area is 182 Å². The average Bonchev–Trinajstić information content (AvgIpc) is 2.81. The summed E-state index contributed by atoms with van der Waals surface area (Å²) >= 11 is 0. The van der Waals surface area contributed by atoms with Crippen molar-refractivity contribution in [3.8, 4) is 5.75 Å². The van der Waals surface area contributed by atoms with Gasteiger partial charge < -0.3 is 10.4 Å². The standard InChI is InChI=1S/C26H29NO.C2H6/c1-3-25(21-9-5-4-6-10-21)26(23-15-17-24(28)18-16-23)22-13-11-20(12-14-22)8-7-19-27-2;1-2/h4-6,9-18,27-28H,3,7-8,19H2,1-2H3;1-2H3/b26-25+;. The van der Waals surface area contributed by atoms with Gasteiger partial charge in [0, 0.05) is 0 Å². The highest BCUT2D eigenvalue weighted by Gasteiger charge is 2.13. The SMILES string of the molecule is CC.CC/C(=C(\c1ccc(O)cc1)c1ccc(CCCNC)cc1)c1ccccc1. The van der Waals surface area contributed by atoms with Crippen molar-refractivity contribution in [1.82, 2.24) is 5.32 Å². The molecule has 0 radical (unpaired) electrons. The summed E-state index contributed by atoms with van der Waals surface area (Å²) in [5.41, 5.74) is 7.49. The highest BCUT2D eigenvalue weighted by molar-refractivity contribution is 5.98. The molecule has 158 valence electrons. The van der Waals surface area contributed by atoms with Gasteiger partial charge in [0.2, 0.25) is 0 Å². The van der Waals surface area contributed by atoms with E-state index in [9.17, 15) is 5.11 Å². The molecule has 0 bridgehead atoms. The van der Waals surface area contributed by atoms with Crippen molar-refractivity contribution in [3.05, 3.63) is 101 Å². The van der Waals surface area contributed by atoms with Crippen LogP contribution in [0.15, 0.2) is 78.9 Å². The van der Waals surface area contributed by atoms with Crippen LogP contribution < -0.4 is 5.32 Å². The van der Waals surface area contributed by atoms with Crippen LogP contribution in [0, 0.1) is 0 Å². The summed E-state index contributed by atoms with van der Waals surface area (Å²) in [6.07, 6.45) is 3.16. The summed E-state index contributed by atoms with van der Waals surface area (Å²) in [7, 11) is 1.99. The molecule has 0 heterocycles. The second-order valence-corrected chi connectivity index (χ2v) is 7.02. The van der Waals surface area contributed by atoms with Gasteiger partial charge in [0.25, 0.3) is 0 Å². The van der Waals surface area contributed by atoms with E-state index in [1.54, 1.807) is 12.1 Å². The van der Waals surface area contributed by atoms with E-state index in [2.05, 4.69) is 66.8 Å². The summed E-state index contributed by atoms with van der Waals surface area (Å²) in [5.74, 6) is 0.292. The fourth-order valence-electron chi connectivity index (χ4n) is 3.62. The summed E-state index contributed by atoms with van der Waals surface area (Å²) in [4.78, 5) is 0. The van der Waals surface area contributed by atoms with Crippen LogP contribution in [0.4, 0.5) is 0 Å². The third-order valence-electron chi connectivity index (χ3n) is 5.07. The van der Waals surface area contributed by atoms with Crippen molar-refractivity contribution in [2.75, 3.05) is 13.6 Å². The van der Waals surface area contributed by atoms with Crippen LogP contribution in [0.3, 0.4) is 0 Å². The van der Waals surface area contributed by atoms with Crippen molar-refractivity contribution in [1.29, 1.82) is 0 Å². The average molecular weight is 402 g/mol. The predicted molar refractivity (Wildman–Crippen MR) is 131 cm³/mol. The van der Waals surface area contributed by atoms with Gasteiger partial charge in [0.05, 0.1) is 0 Å². The topological polar surface area (TPSA) is 32.3 Å². The van der Waals surface area contributed by atoms with Crippen LogP contribution in [-0.4, -0.2) is 18.7 Å². The smallest absolute Gasteiger partial charge is 0.115 e. The molecular formula is C28H35NO. The van der Waals surface area contributed by atoms with E-state index in [-0.39, 0.29) is 0 Å². The van der Waals surface area contributed by atoms with Crippen molar-refractivity contribution < 1.29 is 5.11 Å². The molecule has 2 N–H and O–H groups in total. The molecule has 0 saturated heterocycles. The van der Waals surface area contributed by atoms with Gasteiger partial charge in [0.1, 0.15) is 5.75 Å². The largest absolute Gasteiger partial charge is 0.508 e. The molecule has 30 heavy (non-hydrogen) atoms. The van der Waals surface area contributed by atoms with Crippen LogP contribution in [0.2, 0.25) is 0 Å². The number of rotatable bonds is 8. The number of phenols is 1. The zero-order valence-electron chi connectivity index (χ0n) is 18.8. The van der Waals surface area contributed by atoms with Gasteiger partial charge in [-0.25, -0.2) is 0 Å². The van der Waals surface area contributed by atoms with E-state index >= 15 is 0 Å². The number of allylic oxidation sites excluding steroid dienone is 1. The first kappa shape index (κ1) is 23.4. The quantitative estimate of drug-likeness (QED) is 0.316. The number of hydrogen-bond donors (Lipinski definition) is 2. The van der Waals surface area contributed by atoms with Gasteiger partial charge in [0.15, 0.2) is 0 Å². The Morgan fingerprint density at radius 1 is 0.767 bits per heavy atom. The molecule has 3 aromatic carbocycles. The summed E-state index contributed by atoms with van der Waals surface area (Å²) in [6.45, 7) is 7.24. The molecule has 3 rings (SSSR count). The van der Waals surface area contributed by atoms with Crippen LogP contribution in [0.1, 0.15) is 55.9 Å². The Morgan fingerprint density at radius 3 is 1.87 bits per heavy atom. The van der Waals surface area contributed by atoms with Gasteiger partial charge in [-0.15, -0.1) is 0 Å². The number of phenolic OH excluding ortho intramolecular Hbond substituents is 1. The molecule has 0 spiro atoms. The van der Waals surface area contributed by atoms with Crippen molar-refractivity contribution in [3.63, 3.8) is 0 Å². The van der Waals surface area contributed by atoms with E-state index < -0.39 is 0 Å². The van der Waals surface area contributed by atoms with Gasteiger partial charge in [-0.2, -0.15) is 0 Å². The summed E-state index contributed by atoms with van der Waals surface area (Å²) < 4.78 is 0. The van der Waals surface area contributed by atoms with Gasteiger partial charge in [-0.05, 0) is 78.4 Å². The molecule has 0 aromatic heterocycles. The molecule has 3 aromatic rings. The Morgan fingerprint density at radius 2 is 1.33 bits per heavy atom. The second kappa shape index (κ2) is 12.7. The molecule has 2 heteroatoms. The molecule has 0 saturated carbocycles. The lowest BCUT2D eigenvalue weighted by Gasteiger charge is -2.17. The molecule has 0 aliphatic rings. The van der Waals surface area contributed by atoms with Crippen LogP contribution in [0.25, 0.3) is 11.1 Å². The fraction of sp³-hybridized carbons (Fsp3) is 0.286. The molecule has 0 atom stereocenters. The Balaban J connectivity index is 0.00000155. The first-order valence-electron chi connectivity index (χ1n) is 11.0. The molecule has 2 nitrogen and oxygen atoms in total. The first-order chi connectivity index (χ1) is 14.7. The molecule has 0 aliphatic heterocycles. The fourth-order valence-corrected chi connectivity index (χ4v) is 3.62. The Hall–Kier alpha value is -2.84. The lowest BCUT2D eigenvalue weighted by atomic mass is 9.87. The number of aryl methyl sites for hydroxylation is 1. The normalized spacial score (nSPS) is 11.3. The number of benzene rings is 3. The molecule has 0 amide bonds. The van der Waals surface area contributed by atoms with Crippen molar-refractivity contribution in [2.45, 2.75) is 40.0 Å². The summed E-state index contributed by atoms with van der Waals surface area (Å²) in [5, 5.41) is 12.9. The van der Waals surface area contributed by atoms with Crippen LogP contribution >= 0.6 is 0 Å². The van der Waals surface area contributed by atoms with E-state index in [0.717, 1.165) is 31.4 Å². The lowest BCUT2D eigenvalue weighted by molar-refractivity contribution is 0.475. The highest BCUT2D eigenvalue weighted by Crippen LogP contribution is 2.35. The number of nitrogens with one attached hydrogen (secondary N) is 1. The minimum absolute atomic E-state index is 0.292. The zero-order valence-corrected chi connectivity index (χ0v) is 18.8. The molecular weight excluding hydrogens is 366 g/mol. The number of hydrogen-bond acceptors (Lipinski definition) is 2. The lowest BCUT2D eigenvalue weighted by Crippen LogP contribution is -2.08. The predicted octanol–water partition coefficient (Wildman–Crippen LogP) is 6.94. The Kier molecular flexibility index (Phi) is 9.90.